The van der Waals surface area contributed by atoms with Crippen LogP contribution in [0, 0.1) is 12.8 Å². The second-order valence-electron chi connectivity index (χ2n) is 8.75. The van der Waals surface area contributed by atoms with Crippen molar-refractivity contribution in [1.82, 2.24) is 20.9 Å². The third kappa shape index (κ3) is 6.11. The third-order valence-corrected chi connectivity index (χ3v) is 6.41. The van der Waals surface area contributed by atoms with Gasteiger partial charge in [-0.25, -0.2) is 4.98 Å². The Morgan fingerprint density at radius 2 is 1.74 bits per heavy atom. The molecular weight excluding hydrogens is 426 g/mol. The van der Waals surface area contributed by atoms with Gasteiger partial charge in [-0.2, -0.15) is 0 Å². The second kappa shape index (κ2) is 11.6. The van der Waals surface area contributed by atoms with Gasteiger partial charge in [0.25, 0.3) is 0 Å². The van der Waals surface area contributed by atoms with Crippen LogP contribution in [0.25, 0.3) is 10.8 Å². The number of likely N-dealkylation sites (N-methyl/N-ethyl adjacent to an activating group) is 1. The molecule has 0 spiro atoms. The minimum atomic E-state index is -0.722. The number of nitrogens with zero attached hydrogens (tertiary/aromatic N) is 1. The molecule has 3 aromatic rings. The van der Waals surface area contributed by atoms with Crippen LogP contribution < -0.4 is 21.7 Å². The van der Waals surface area contributed by atoms with Gasteiger partial charge in [-0.05, 0) is 47.9 Å². The monoisotopic (exact) mass is 461 g/mol. The molecule has 0 fully saturated rings. The number of amides is 2. The van der Waals surface area contributed by atoms with Crippen LogP contribution in [-0.2, 0) is 22.6 Å². The second-order valence-corrected chi connectivity index (χ2v) is 8.75. The fraction of sp³-hybridized carbons (Fsp3) is 0.370. The number of fused-ring (bicyclic) bond motifs is 1. The van der Waals surface area contributed by atoms with Gasteiger partial charge in [0, 0.05) is 18.7 Å². The molecule has 5 N–H and O–H groups in total. The number of rotatable bonds is 10. The van der Waals surface area contributed by atoms with Gasteiger partial charge in [-0.3, -0.25) is 9.59 Å². The van der Waals surface area contributed by atoms with Gasteiger partial charge in [0.1, 0.15) is 11.9 Å². The number of aromatic nitrogens is 1. The van der Waals surface area contributed by atoms with E-state index in [4.69, 9.17) is 5.73 Å². The number of carbonyl (C=O) groups is 2. The average Bonchev–Trinajstić information content (AvgIpc) is 2.83. The molecule has 0 bridgehead atoms. The molecule has 7 heteroatoms. The maximum atomic E-state index is 13.3. The standard InChI is InChI=1S/C27H35N5O2/c1-5-17(2)25(29-4)27(34)32-23(15-20-11-8-10-19-9-6-7-12-22(19)20)26(33)30-16-21-13-14-24(28)31-18(21)3/h6-14,17,23,25,29H,5,15-16H2,1-4H3,(H2,28,31)(H,30,33)(H,32,34)/t17?,23-,25+/m0/s1. The van der Waals surface area contributed by atoms with E-state index in [2.05, 4.69) is 20.9 Å². The van der Waals surface area contributed by atoms with Crippen molar-refractivity contribution in [2.75, 3.05) is 12.8 Å². The molecule has 0 saturated heterocycles. The number of benzene rings is 2. The predicted octanol–water partition coefficient (Wildman–Crippen LogP) is 3.10. The summed E-state index contributed by atoms with van der Waals surface area (Å²) >= 11 is 0. The van der Waals surface area contributed by atoms with Crippen molar-refractivity contribution in [1.29, 1.82) is 0 Å². The molecular formula is C27H35N5O2. The lowest BCUT2D eigenvalue weighted by Crippen LogP contribution is -2.54. The van der Waals surface area contributed by atoms with Crippen LogP contribution in [0.3, 0.4) is 0 Å². The zero-order chi connectivity index (χ0) is 24.7. The molecule has 3 atom stereocenters. The van der Waals surface area contributed by atoms with Crippen molar-refractivity contribution in [2.45, 2.75) is 52.2 Å². The fourth-order valence-corrected chi connectivity index (χ4v) is 4.17. The number of aryl methyl sites for hydroxylation is 1. The molecule has 2 amide bonds. The molecule has 1 heterocycles. The van der Waals surface area contributed by atoms with E-state index in [1.165, 1.54) is 0 Å². The first-order valence-corrected chi connectivity index (χ1v) is 11.8. The van der Waals surface area contributed by atoms with Crippen molar-refractivity contribution in [3.05, 3.63) is 71.4 Å². The SMILES string of the molecule is CCC(C)[C@@H](NC)C(=O)N[C@@H](Cc1cccc2ccccc12)C(=O)NCc1ccc(N)nc1C. The Labute approximate surface area is 201 Å². The highest BCUT2D eigenvalue weighted by Crippen LogP contribution is 2.20. The first-order valence-electron chi connectivity index (χ1n) is 11.8. The quantitative estimate of drug-likeness (QED) is 0.371. The van der Waals surface area contributed by atoms with E-state index in [0.717, 1.165) is 34.0 Å². The molecule has 34 heavy (non-hydrogen) atoms. The average molecular weight is 462 g/mol. The zero-order valence-electron chi connectivity index (χ0n) is 20.4. The molecule has 1 unspecified atom stereocenters. The molecule has 0 radical (unpaired) electrons. The number of carbonyl (C=O) groups excluding carboxylic acids is 2. The molecule has 1 aromatic heterocycles. The Morgan fingerprint density at radius 3 is 2.44 bits per heavy atom. The third-order valence-electron chi connectivity index (χ3n) is 6.41. The lowest BCUT2D eigenvalue weighted by molar-refractivity contribution is -0.130. The summed E-state index contributed by atoms with van der Waals surface area (Å²) < 4.78 is 0. The summed E-state index contributed by atoms with van der Waals surface area (Å²) in [6.45, 7) is 6.24. The molecule has 2 aromatic carbocycles. The molecule has 0 aliphatic rings. The number of hydrogen-bond donors (Lipinski definition) is 4. The molecule has 7 nitrogen and oxygen atoms in total. The first-order chi connectivity index (χ1) is 16.3. The van der Waals surface area contributed by atoms with Crippen molar-refractivity contribution in [3.63, 3.8) is 0 Å². The van der Waals surface area contributed by atoms with Gasteiger partial charge in [-0.1, -0.05) is 68.8 Å². The summed E-state index contributed by atoms with van der Waals surface area (Å²) in [4.78, 5) is 30.7. The fourth-order valence-electron chi connectivity index (χ4n) is 4.17. The smallest absolute Gasteiger partial charge is 0.243 e. The molecule has 0 aliphatic carbocycles. The normalized spacial score (nSPS) is 13.8. The summed E-state index contributed by atoms with van der Waals surface area (Å²) in [5.74, 6) is 0.158. The highest BCUT2D eigenvalue weighted by Gasteiger charge is 2.28. The van der Waals surface area contributed by atoms with E-state index in [0.29, 0.717) is 18.8 Å². The Morgan fingerprint density at radius 1 is 1.00 bits per heavy atom. The van der Waals surface area contributed by atoms with Gasteiger partial charge in [0.15, 0.2) is 0 Å². The number of nitrogens with two attached hydrogens (primary N) is 1. The molecule has 180 valence electrons. The van der Waals surface area contributed by atoms with Crippen LogP contribution in [-0.4, -0.2) is 35.9 Å². The van der Waals surface area contributed by atoms with Gasteiger partial charge < -0.3 is 21.7 Å². The number of pyridine rings is 1. The highest BCUT2D eigenvalue weighted by atomic mass is 16.2. The van der Waals surface area contributed by atoms with E-state index >= 15 is 0 Å². The summed E-state index contributed by atoms with van der Waals surface area (Å²) in [6, 6.07) is 16.6. The first kappa shape index (κ1) is 25.2. The Kier molecular flexibility index (Phi) is 8.60. The lowest BCUT2D eigenvalue weighted by atomic mass is 9.96. The van der Waals surface area contributed by atoms with Gasteiger partial charge >= 0.3 is 0 Å². The van der Waals surface area contributed by atoms with Gasteiger partial charge in [0.05, 0.1) is 6.04 Å². The van der Waals surface area contributed by atoms with Crippen molar-refractivity contribution in [2.24, 2.45) is 5.92 Å². The zero-order valence-corrected chi connectivity index (χ0v) is 20.4. The lowest BCUT2D eigenvalue weighted by Gasteiger charge is -2.25. The van der Waals surface area contributed by atoms with Crippen molar-refractivity contribution < 1.29 is 9.59 Å². The van der Waals surface area contributed by atoms with E-state index in [9.17, 15) is 9.59 Å². The van der Waals surface area contributed by atoms with Crippen LogP contribution >= 0.6 is 0 Å². The van der Waals surface area contributed by atoms with Crippen LogP contribution in [0.2, 0.25) is 0 Å². The van der Waals surface area contributed by atoms with Crippen molar-refractivity contribution >= 4 is 28.4 Å². The maximum Gasteiger partial charge on any atom is 0.243 e. The largest absolute Gasteiger partial charge is 0.384 e. The highest BCUT2D eigenvalue weighted by molar-refractivity contribution is 5.91. The van der Waals surface area contributed by atoms with Gasteiger partial charge in [-0.15, -0.1) is 0 Å². The summed E-state index contributed by atoms with van der Waals surface area (Å²) in [7, 11) is 1.77. The van der Waals surface area contributed by atoms with Crippen LogP contribution in [0.5, 0.6) is 0 Å². The number of anilines is 1. The summed E-state index contributed by atoms with van der Waals surface area (Å²) in [6.07, 6.45) is 1.23. The Hall–Kier alpha value is -3.45. The minimum absolute atomic E-state index is 0.134. The number of hydrogen-bond acceptors (Lipinski definition) is 5. The Balaban J connectivity index is 1.84. The van der Waals surface area contributed by atoms with Crippen LogP contribution in [0.15, 0.2) is 54.6 Å². The maximum absolute atomic E-state index is 13.3. The van der Waals surface area contributed by atoms with Crippen molar-refractivity contribution in [3.8, 4) is 0 Å². The number of nitrogen functional groups attached to an aromatic ring is 1. The number of nitrogens with one attached hydrogen (secondary N) is 3. The topological polar surface area (TPSA) is 109 Å². The van der Waals surface area contributed by atoms with Gasteiger partial charge in [0.2, 0.25) is 11.8 Å². The van der Waals surface area contributed by atoms with Crippen LogP contribution in [0.4, 0.5) is 5.82 Å². The summed E-state index contributed by atoms with van der Waals surface area (Å²) in [5.41, 5.74) is 8.40. The Bertz CT molecular complexity index is 1140. The summed E-state index contributed by atoms with van der Waals surface area (Å²) in [5, 5.41) is 11.3. The predicted molar refractivity (Wildman–Crippen MR) is 137 cm³/mol. The van der Waals surface area contributed by atoms with E-state index in [1.807, 2.05) is 69.3 Å². The van der Waals surface area contributed by atoms with E-state index < -0.39 is 6.04 Å². The molecule has 0 aliphatic heterocycles. The molecule has 0 saturated carbocycles. The minimum Gasteiger partial charge on any atom is -0.384 e. The van der Waals surface area contributed by atoms with E-state index in [1.54, 1.807) is 13.1 Å². The molecule has 3 rings (SSSR count). The van der Waals surface area contributed by atoms with Crippen LogP contribution in [0.1, 0.15) is 37.1 Å². The van der Waals surface area contributed by atoms with E-state index in [-0.39, 0.29) is 23.8 Å².